The number of sulfonamides is 1. The molecule has 1 aliphatic heterocycles. The second kappa shape index (κ2) is 7.79. The van der Waals surface area contributed by atoms with Crippen LogP contribution >= 0.6 is 0 Å². The summed E-state index contributed by atoms with van der Waals surface area (Å²) in [6.45, 7) is 7.78. The lowest BCUT2D eigenvalue weighted by Gasteiger charge is -2.32. The minimum atomic E-state index is -3.71. The van der Waals surface area contributed by atoms with Crippen molar-refractivity contribution in [3.8, 4) is 0 Å². The number of nitrogens with zero attached hydrogens (tertiary/aromatic N) is 2. The van der Waals surface area contributed by atoms with Crippen LogP contribution in [0.1, 0.15) is 39.2 Å². The van der Waals surface area contributed by atoms with Gasteiger partial charge in [-0.25, -0.2) is 13.2 Å². The molecule has 9 heteroatoms. The molecule has 2 aromatic rings. The minimum absolute atomic E-state index is 0.126. The van der Waals surface area contributed by atoms with Crippen LogP contribution in [0.5, 0.6) is 0 Å². The van der Waals surface area contributed by atoms with Crippen LogP contribution in [0.25, 0.3) is 10.8 Å². The molecule has 0 spiro atoms. The van der Waals surface area contributed by atoms with Gasteiger partial charge in [0.25, 0.3) is 0 Å². The molecule has 3 rings (SSSR count). The van der Waals surface area contributed by atoms with E-state index < -0.39 is 21.7 Å². The van der Waals surface area contributed by atoms with E-state index in [1.807, 2.05) is 0 Å². The van der Waals surface area contributed by atoms with Crippen LogP contribution in [0.15, 0.2) is 35.5 Å². The molecule has 0 saturated carbocycles. The molecular weight excluding hydrogens is 394 g/mol. The molecular formula is C20H28N3O5S+. The average molecular weight is 423 g/mol. The number of piperidine rings is 1. The fraction of sp³-hybridized carbons (Fsp3) is 0.500. The van der Waals surface area contributed by atoms with Gasteiger partial charge in [-0.3, -0.25) is 5.21 Å². The average Bonchev–Trinajstić information content (AvgIpc) is 2.59. The maximum absolute atomic E-state index is 13.3. The highest BCUT2D eigenvalue weighted by Crippen LogP contribution is 2.29. The molecule has 158 valence electrons. The van der Waals surface area contributed by atoms with E-state index in [4.69, 9.17) is 4.74 Å². The number of fused-ring (bicyclic) bond motifs is 1. The molecule has 1 aromatic carbocycles. The normalized spacial score (nSPS) is 16.7. The Labute approximate surface area is 171 Å². The lowest BCUT2D eigenvalue weighted by atomic mass is 10.1. The summed E-state index contributed by atoms with van der Waals surface area (Å²) in [6, 6.07) is 4.91. The summed E-state index contributed by atoms with van der Waals surface area (Å²) in [5.74, 6) is 0. The van der Waals surface area contributed by atoms with Gasteiger partial charge in [-0.2, -0.15) is 4.31 Å². The van der Waals surface area contributed by atoms with E-state index in [1.54, 1.807) is 45.9 Å². The van der Waals surface area contributed by atoms with Gasteiger partial charge in [-0.15, -0.1) is 0 Å². The number of nitrogens with one attached hydrogen (secondary N) is 1. The molecule has 2 heterocycles. The number of alkyl carbamates (subject to hydrolysis) is 1. The van der Waals surface area contributed by atoms with Crippen LogP contribution in [0.2, 0.25) is 0 Å². The molecule has 1 aliphatic rings. The molecule has 0 radical (unpaired) electrons. The Kier molecular flexibility index (Phi) is 5.73. The molecule has 1 saturated heterocycles. The van der Waals surface area contributed by atoms with E-state index in [0.717, 1.165) is 4.73 Å². The molecule has 1 aromatic heterocycles. The summed E-state index contributed by atoms with van der Waals surface area (Å²) in [6.07, 6.45) is 3.51. The SMILES string of the molecule is Cc1c[n+](O)cc2cccc(S(=O)(=O)N3CCC(NC(=O)OC(C)(C)C)CC3)c12. The summed E-state index contributed by atoms with van der Waals surface area (Å²) in [5, 5.41) is 13.8. The first-order valence-electron chi connectivity index (χ1n) is 9.61. The van der Waals surface area contributed by atoms with Crippen LogP contribution in [0, 0.1) is 6.92 Å². The van der Waals surface area contributed by atoms with E-state index in [0.29, 0.717) is 42.3 Å². The number of rotatable bonds is 3. The Hall–Kier alpha value is -2.39. The summed E-state index contributed by atoms with van der Waals surface area (Å²) in [5.41, 5.74) is 0.0956. The molecule has 29 heavy (non-hydrogen) atoms. The Bertz CT molecular complexity index is 1020. The van der Waals surface area contributed by atoms with Gasteiger partial charge in [0.05, 0.1) is 10.3 Å². The van der Waals surface area contributed by atoms with Crippen molar-refractivity contribution in [2.24, 2.45) is 0 Å². The first-order valence-corrected chi connectivity index (χ1v) is 11.0. The first kappa shape index (κ1) is 21.3. The zero-order valence-corrected chi connectivity index (χ0v) is 18.0. The molecule has 1 amide bonds. The van der Waals surface area contributed by atoms with Crippen molar-refractivity contribution in [3.05, 3.63) is 36.2 Å². The molecule has 0 atom stereocenters. The van der Waals surface area contributed by atoms with Gasteiger partial charge in [0.1, 0.15) is 5.60 Å². The number of ether oxygens (including phenoxy) is 1. The molecule has 0 bridgehead atoms. The van der Waals surface area contributed by atoms with Gasteiger partial charge in [0.2, 0.25) is 22.4 Å². The Balaban J connectivity index is 1.76. The van der Waals surface area contributed by atoms with Crippen molar-refractivity contribution in [2.75, 3.05) is 13.1 Å². The highest BCUT2D eigenvalue weighted by Gasteiger charge is 2.32. The number of amides is 1. The maximum Gasteiger partial charge on any atom is 0.407 e. The van der Waals surface area contributed by atoms with E-state index in [1.165, 1.54) is 16.7 Å². The van der Waals surface area contributed by atoms with Gasteiger partial charge < -0.3 is 10.1 Å². The summed E-state index contributed by atoms with van der Waals surface area (Å²) >= 11 is 0. The van der Waals surface area contributed by atoms with Crippen molar-refractivity contribution < 1.29 is 27.9 Å². The lowest BCUT2D eigenvalue weighted by molar-refractivity contribution is -0.904. The van der Waals surface area contributed by atoms with Gasteiger partial charge in [-0.1, -0.05) is 6.07 Å². The van der Waals surface area contributed by atoms with Gasteiger partial charge in [0, 0.05) is 34.8 Å². The van der Waals surface area contributed by atoms with Gasteiger partial charge in [0.15, 0.2) is 0 Å². The lowest BCUT2D eigenvalue weighted by Crippen LogP contribution is -2.47. The topological polar surface area (TPSA) is 99.8 Å². The fourth-order valence-corrected chi connectivity index (χ4v) is 5.35. The van der Waals surface area contributed by atoms with Crippen molar-refractivity contribution in [1.82, 2.24) is 9.62 Å². The number of carbonyl (C=O) groups is 1. The Morgan fingerprint density at radius 3 is 2.52 bits per heavy atom. The third kappa shape index (κ3) is 4.79. The van der Waals surface area contributed by atoms with Crippen molar-refractivity contribution in [3.63, 3.8) is 0 Å². The highest BCUT2D eigenvalue weighted by molar-refractivity contribution is 7.89. The fourth-order valence-electron chi connectivity index (χ4n) is 3.59. The van der Waals surface area contributed by atoms with Crippen molar-refractivity contribution in [2.45, 2.75) is 57.1 Å². The molecule has 0 aliphatic carbocycles. The number of benzene rings is 1. The number of hydrogen-bond donors (Lipinski definition) is 2. The number of aromatic nitrogens is 1. The minimum Gasteiger partial charge on any atom is -0.444 e. The molecule has 8 nitrogen and oxygen atoms in total. The Morgan fingerprint density at radius 1 is 1.24 bits per heavy atom. The van der Waals surface area contributed by atoms with Crippen LogP contribution in [0.4, 0.5) is 4.79 Å². The van der Waals surface area contributed by atoms with E-state index >= 15 is 0 Å². The zero-order valence-electron chi connectivity index (χ0n) is 17.2. The van der Waals surface area contributed by atoms with Crippen molar-refractivity contribution >= 4 is 26.9 Å². The second-order valence-electron chi connectivity index (χ2n) is 8.37. The summed E-state index contributed by atoms with van der Waals surface area (Å²) in [4.78, 5) is 12.2. The predicted molar refractivity (Wildman–Crippen MR) is 107 cm³/mol. The van der Waals surface area contributed by atoms with Gasteiger partial charge >= 0.3 is 6.09 Å². The third-order valence-electron chi connectivity index (χ3n) is 4.84. The zero-order chi connectivity index (χ0) is 21.4. The van der Waals surface area contributed by atoms with Crippen molar-refractivity contribution in [1.29, 1.82) is 0 Å². The number of hydrogen-bond acceptors (Lipinski definition) is 5. The van der Waals surface area contributed by atoms with Crippen LogP contribution in [-0.4, -0.2) is 48.8 Å². The monoisotopic (exact) mass is 422 g/mol. The van der Waals surface area contributed by atoms with E-state index in [-0.39, 0.29) is 10.9 Å². The molecule has 2 N–H and O–H groups in total. The van der Waals surface area contributed by atoms with E-state index in [9.17, 15) is 18.4 Å². The first-order chi connectivity index (χ1) is 13.5. The largest absolute Gasteiger partial charge is 0.444 e. The predicted octanol–water partition coefficient (Wildman–Crippen LogP) is 2.35. The molecule has 0 unspecified atom stereocenters. The number of aryl methyl sites for hydroxylation is 1. The smallest absolute Gasteiger partial charge is 0.407 e. The van der Waals surface area contributed by atoms with Crippen LogP contribution in [-0.2, 0) is 14.8 Å². The molecule has 1 fully saturated rings. The van der Waals surface area contributed by atoms with Gasteiger partial charge in [-0.05, 0) is 52.7 Å². The van der Waals surface area contributed by atoms with Crippen LogP contribution in [0.3, 0.4) is 0 Å². The maximum atomic E-state index is 13.3. The summed E-state index contributed by atoms with van der Waals surface area (Å²) < 4.78 is 34.3. The quantitative estimate of drug-likeness (QED) is 0.584. The Morgan fingerprint density at radius 2 is 1.90 bits per heavy atom. The number of carbonyl (C=O) groups excluding carboxylic acids is 1. The standard InChI is InChI=1S/C20H27N3O5S/c1-14-12-22(25)13-15-6-5-7-17(18(14)15)29(26,27)23-10-8-16(9-11-23)21-19(24)28-20(2,3)4/h5-7,12-13,16H,8-11H2,1-4H3,(H-,21,24,25)/p+1. The van der Waals surface area contributed by atoms with Crippen LogP contribution < -0.4 is 10.0 Å². The third-order valence-corrected chi connectivity index (χ3v) is 6.78. The number of pyridine rings is 1. The highest BCUT2D eigenvalue weighted by atomic mass is 32.2. The second-order valence-corrected chi connectivity index (χ2v) is 10.3. The summed E-state index contributed by atoms with van der Waals surface area (Å²) in [7, 11) is -3.71. The van der Waals surface area contributed by atoms with E-state index in [2.05, 4.69) is 5.32 Å².